The Labute approximate surface area is 154 Å². The van der Waals surface area contributed by atoms with E-state index in [-0.39, 0.29) is 23.5 Å². The molecule has 0 fully saturated rings. The number of nitrogens with one attached hydrogen (secondary N) is 1. The highest BCUT2D eigenvalue weighted by Crippen LogP contribution is 2.43. The van der Waals surface area contributed by atoms with E-state index in [1.54, 1.807) is 12.1 Å². The lowest BCUT2D eigenvalue weighted by Gasteiger charge is -2.35. The van der Waals surface area contributed by atoms with Crippen molar-refractivity contribution in [3.63, 3.8) is 0 Å². The van der Waals surface area contributed by atoms with Crippen molar-refractivity contribution in [2.24, 2.45) is 0 Å². The Morgan fingerprint density at radius 2 is 1.62 bits per heavy atom. The predicted octanol–water partition coefficient (Wildman–Crippen LogP) is 4.43. The summed E-state index contributed by atoms with van der Waals surface area (Å²) in [5, 5.41) is 23.7. The molecule has 1 aliphatic rings. The summed E-state index contributed by atoms with van der Waals surface area (Å²) in [4.78, 5) is 0. The minimum atomic E-state index is -0.0611. The molecule has 1 heterocycles. The van der Waals surface area contributed by atoms with E-state index in [9.17, 15) is 10.2 Å². The van der Waals surface area contributed by atoms with Crippen LogP contribution >= 0.6 is 0 Å². The van der Waals surface area contributed by atoms with Gasteiger partial charge in [-0.15, -0.1) is 0 Å². The first-order chi connectivity index (χ1) is 12.6. The lowest BCUT2D eigenvalue weighted by atomic mass is 9.77. The van der Waals surface area contributed by atoms with Crippen LogP contribution in [0.1, 0.15) is 39.8 Å². The summed E-state index contributed by atoms with van der Waals surface area (Å²) in [5.41, 5.74) is 5.91. The van der Waals surface area contributed by atoms with E-state index in [1.165, 1.54) is 16.7 Å². The van der Waals surface area contributed by atoms with Gasteiger partial charge in [-0.1, -0.05) is 54.6 Å². The van der Waals surface area contributed by atoms with Crippen LogP contribution in [0, 0.1) is 6.92 Å². The molecule has 26 heavy (non-hydrogen) atoms. The SMILES string of the molecule is Cc1ccccc1[C@@H](c1ccccc1)[C@@H]1NCCc2cc(O)c(O)cc21. The zero-order valence-corrected chi connectivity index (χ0v) is 14.8. The average Bonchev–Trinajstić information content (AvgIpc) is 2.66. The molecule has 0 saturated carbocycles. The smallest absolute Gasteiger partial charge is 0.157 e. The molecule has 1 aliphatic heterocycles. The van der Waals surface area contributed by atoms with Crippen molar-refractivity contribution in [3.8, 4) is 11.5 Å². The number of phenols is 2. The molecule has 3 aromatic carbocycles. The normalized spacial score (nSPS) is 17.5. The van der Waals surface area contributed by atoms with E-state index < -0.39 is 0 Å². The molecular weight excluding hydrogens is 322 g/mol. The zero-order valence-electron chi connectivity index (χ0n) is 14.8. The molecular formula is C23H23NO2. The average molecular weight is 345 g/mol. The van der Waals surface area contributed by atoms with Crippen LogP contribution in [0.5, 0.6) is 11.5 Å². The number of hydrogen-bond acceptors (Lipinski definition) is 3. The van der Waals surface area contributed by atoms with Crippen LogP contribution in [-0.4, -0.2) is 16.8 Å². The highest BCUT2D eigenvalue weighted by molar-refractivity contribution is 5.51. The summed E-state index contributed by atoms with van der Waals surface area (Å²) in [6.45, 7) is 2.99. The van der Waals surface area contributed by atoms with Crippen LogP contribution in [0.2, 0.25) is 0 Å². The zero-order chi connectivity index (χ0) is 18.1. The molecule has 0 bridgehead atoms. The van der Waals surface area contributed by atoms with Crippen molar-refractivity contribution in [1.82, 2.24) is 5.32 Å². The molecule has 3 nitrogen and oxygen atoms in total. The number of phenolic OH excluding ortho intramolecular Hbond substituents is 2. The van der Waals surface area contributed by atoms with Gasteiger partial charge in [0.25, 0.3) is 0 Å². The van der Waals surface area contributed by atoms with Gasteiger partial charge in [0.2, 0.25) is 0 Å². The van der Waals surface area contributed by atoms with Crippen molar-refractivity contribution in [3.05, 3.63) is 94.5 Å². The fourth-order valence-corrected chi connectivity index (χ4v) is 4.06. The van der Waals surface area contributed by atoms with Crippen LogP contribution in [0.4, 0.5) is 0 Å². The minimum Gasteiger partial charge on any atom is -0.504 e. The molecule has 0 aromatic heterocycles. The monoisotopic (exact) mass is 345 g/mol. The van der Waals surface area contributed by atoms with Crippen LogP contribution in [-0.2, 0) is 6.42 Å². The molecule has 0 radical (unpaired) electrons. The molecule has 0 unspecified atom stereocenters. The number of fused-ring (bicyclic) bond motifs is 1. The highest BCUT2D eigenvalue weighted by atomic mass is 16.3. The predicted molar refractivity (Wildman–Crippen MR) is 104 cm³/mol. The molecule has 0 amide bonds. The van der Waals surface area contributed by atoms with E-state index in [4.69, 9.17) is 0 Å². The topological polar surface area (TPSA) is 52.5 Å². The number of aryl methyl sites for hydroxylation is 1. The maximum absolute atomic E-state index is 10.1. The molecule has 3 heteroatoms. The second-order valence-electron chi connectivity index (χ2n) is 6.97. The fourth-order valence-electron chi connectivity index (χ4n) is 4.06. The standard InChI is InChI=1S/C23H23NO2/c1-15-7-5-6-10-18(15)22(16-8-3-2-4-9-16)23-19-14-21(26)20(25)13-17(19)11-12-24-23/h2-10,13-14,22-26H,11-12H2,1H3/t22-,23-/m1/s1. The fraction of sp³-hybridized carbons (Fsp3) is 0.217. The first kappa shape index (κ1) is 16.7. The van der Waals surface area contributed by atoms with Gasteiger partial charge in [-0.2, -0.15) is 0 Å². The third-order valence-electron chi connectivity index (χ3n) is 5.35. The second kappa shape index (κ2) is 6.85. The summed E-state index contributed by atoms with van der Waals surface area (Å²) >= 11 is 0. The lowest BCUT2D eigenvalue weighted by molar-refractivity contribution is 0.396. The Hall–Kier alpha value is -2.78. The van der Waals surface area contributed by atoms with Crippen molar-refractivity contribution in [1.29, 1.82) is 0 Å². The Balaban J connectivity index is 1.89. The summed E-state index contributed by atoms with van der Waals surface area (Å²) in [6, 6.07) is 22.4. The Bertz CT molecular complexity index is 921. The highest BCUT2D eigenvalue weighted by Gasteiger charge is 2.31. The van der Waals surface area contributed by atoms with Crippen molar-refractivity contribution in [2.75, 3.05) is 6.54 Å². The van der Waals surface area contributed by atoms with Gasteiger partial charge in [-0.25, -0.2) is 0 Å². The maximum Gasteiger partial charge on any atom is 0.157 e. The molecule has 3 aromatic rings. The summed E-state index contributed by atoms with van der Waals surface area (Å²) in [7, 11) is 0. The van der Waals surface area contributed by atoms with Crippen LogP contribution in [0.25, 0.3) is 0 Å². The van der Waals surface area contributed by atoms with Crippen molar-refractivity contribution >= 4 is 0 Å². The third kappa shape index (κ3) is 2.95. The van der Waals surface area contributed by atoms with Crippen LogP contribution in [0.3, 0.4) is 0 Å². The van der Waals surface area contributed by atoms with Gasteiger partial charge in [0, 0.05) is 12.0 Å². The van der Waals surface area contributed by atoms with Gasteiger partial charge in [0.15, 0.2) is 11.5 Å². The molecule has 4 rings (SSSR count). The summed E-state index contributed by atoms with van der Waals surface area (Å²) in [6.07, 6.45) is 0.842. The van der Waals surface area contributed by atoms with Gasteiger partial charge in [-0.05, 0) is 59.8 Å². The molecule has 0 aliphatic carbocycles. The molecule has 3 N–H and O–H groups in total. The van der Waals surface area contributed by atoms with E-state index >= 15 is 0 Å². The number of benzene rings is 3. The van der Waals surface area contributed by atoms with Gasteiger partial charge in [-0.3, -0.25) is 0 Å². The van der Waals surface area contributed by atoms with Crippen molar-refractivity contribution < 1.29 is 10.2 Å². The van der Waals surface area contributed by atoms with E-state index in [1.807, 2.05) is 6.07 Å². The number of hydrogen-bond donors (Lipinski definition) is 3. The molecule has 2 atom stereocenters. The number of rotatable bonds is 3. The summed E-state index contributed by atoms with van der Waals surface area (Å²) < 4.78 is 0. The molecule has 0 saturated heterocycles. The van der Waals surface area contributed by atoms with Crippen LogP contribution < -0.4 is 5.32 Å². The van der Waals surface area contributed by atoms with Crippen LogP contribution in [0.15, 0.2) is 66.7 Å². The second-order valence-corrected chi connectivity index (χ2v) is 6.97. The molecule has 0 spiro atoms. The summed E-state index contributed by atoms with van der Waals surface area (Å²) in [5.74, 6) is 0.0194. The van der Waals surface area contributed by atoms with Gasteiger partial charge >= 0.3 is 0 Å². The largest absolute Gasteiger partial charge is 0.504 e. The van der Waals surface area contributed by atoms with Gasteiger partial charge < -0.3 is 15.5 Å². The number of aromatic hydroxyl groups is 2. The first-order valence-corrected chi connectivity index (χ1v) is 9.04. The van der Waals surface area contributed by atoms with Crippen molar-refractivity contribution in [2.45, 2.75) is 25.3 Å². The minimum absolute atomic E-state index is 0.0359. The van der Waals surface area contributed by atoms with Gasteiger partial charge in [0.1, 0.15) is 0 Å². The molecule has 132 valence electrons. The first-order valence-electron chi connectivity index (χ1n) is 9.04. The quantitative estimate of drug-likeness (QED) is 0.616. The Kier molecular flexibility index (Phi) is 4.39. The Morgan fingerprint density at radius 1 is 0.923 bits per heavy atom. The van der Waals surface area contributed by atoms with E-state index in [0.717, 1.165) is 24.1 Å². The lowest BCUT2D eigenvalue weighted by Crippen LogP contribution is -2.34. The Morgan fingerprint density at radius 3 is 2.38 bits per heavy atom. The van der Waals surface area contributed by atoms with E-state index in [0.29, 0.717) is 0 Å². The maximum atomic E-state index is 10.1. The third-order valence-corrected chi connectivity index (χ3v) is 5.35. The van der Waals surface area contributed by atoms with Gasteiger partial charge in [0.05, 0.1) is 0 Å². The van der Waals surface area contributed by atoms with E-state index in [2.05, 4.69) is 60.8 Å².